The second kappa shape index (κ2) is 8.57. The molecule has 0 aliphatic carbocycles. The van der Waals surface area contributed by atoms with Crippen molar-refractivity contribution in [1.29, 1.82) is 0 Å². The van der Waals surface area contributed by atoms with Crippen LogP contribution in [0.5, 0.6) is 11.5 Å². The van der Waals surface area contributed by atoms with E-state index in [2.05, 4.69) is 52.0 Å². The van der Waals surface area contributed by atoms with Gasteiger partial charge in [0, 0.05) is 29.2 Å². The molecule has 2 heterocycles. The van der Waals surface area contributed by atoms with E-state index in [1.54, 1.807) is 43.8 Å². The molecule has 4 rings (SSSR count). The Balaban J connectivity index is 1.53. The number of amides is 1. The van der Waals surface area contributed by atoms with Crippen molar-refractivity contribution in [3.63, 3.8) is 0 Å². The van der Waals surface area contributed by atoms with E-state index in [1.807, 2.05) is 0 Å². The maximum atomic E-state index is 12.8. The van der Waals surface area contributed by atoms with Crippen molar-refractivity contribution in [3.05, 3.63) is 76.0 Å². The Labute approximate surface area is 174 Å². The number of thiophene rings is 1. The fraction of sp³-hybridized carbons (Fsp3) is 0.261. The van der Waals surface area contributed by atoms with Crippen LogP contribution >= 0.6 is 11.3 Å². The summed E-state index contributed by atoms with van der Waals surface area (Å²) in [6.07, 6.45) is 1.03. The molecule has 0 saturated carbocycles. The first-order chi connectivity index (χ1) is 14.2. The lowest BCUT2D eigenvalue weighted by Crippen LogP contribution is -2.37. The number of hydrogen-bond acceptors (Lipinski definition) is 5. The van der Waals surface area contributed by atoms with E-state index in [4.69, 9.17) is 9.47 Å². The molecule has 150 valence electrons. The third-order valence-corrected chi connectivity index (χ3v) is 6.25. The minimum Gasteiger partial charge on any atom is -0.493 e. The molecular formula is C23H24N2O3S. The molecule has 6 heteroatoms. The molecule has 5 nitrogen and oxygen atoms in total. The number of nitrogens with one attached hydrogen (secondary N) is 1. The highest BCUT2D eigenvalue weighted by Gasteiger charge is 2.28. The summed E-state index contributed by atoms with van der Waals surface area (Å²) in [5.41, 5.74) is 3.17. The van der Waals surface area contributed by atoms with E-state index in [0.29, 0.717) is 23.6 Å². The van der Waals surface area contributed by atoms with Crippen LogP contribution in [0.1, 0.15) is 26.8 Å². The zero-order valence-electron chi connectivity index (χ0n) is 16.6. The van der Waals surface area contributed by atoms with Gasteiger partial charge in [-0.2, -0.15) is 0 Å². The van der Waals surface area contributed by atoms with Gasteiger partial charge in [0.25, 0.3) is 5.91 Å². The van der Waals surface area contributed by atoms with Gasteiger partial charge in [0.15, 0.2) is 11.5 Å². The minimum atomic E-state index is -0.125. The van der Waals surface area contributed by atoms with Crippen LogP contribution in [0.15, 0.2) is 60.0 Å². The Morgan fingerprint density at radius 2 is 1.93 bits per heavy atom. The monoisotopic (exact) mass is 408 g/mol. The average Bonchev–Trinajstić information content (AvgIpc) is 3.44. The molecule has 2 aromatic carbocycles. The van der Waals surface area contributed by atoms with Gasteiger partial charge in [-0.25, -0.2) is 0 Å². The number of hydrogen-bond donors (Lipinski definition) is 1. The Hall–Kier alpha value is -2.99. The Bertz CT molecular complexity index is 988. The van der Waals surface area contributed by atoms with Crippen LogP contribution in [0.4, 0.5) is 5.69 Å². The molecule has 29 heavy (non-hydrogen) atoms. The van der Waals surface area contributed by atoms with Crippen LogP contribution in [0.3, 0.4) is 0 Å². The van der Waals surface area contributed by atoms with Crippen molar-refractivity contribution in [3.8, 4) is 11.5 Å². The topological polar surface area (TPSA) is 50.8 Å². The summed E-state index contributed by atoms with van der Waals surface area (Å²) in [7, 11) is 3.15. The quantitative estimate of drug-likeness (QED) is 0.633. The summed E-state index contributed by atoms with van der Waals surface area (Å²) in [6.45, 7) is 1.48. The van der Waals surface area contributed by atoms with Gasteiger partial charge < -0.3 is 19.7 Å². The third-order valence-electron chi connectivity index (χ3n) is 5.27. The van der Waals surface area contributed by atoms with Crippen LogP contribution in [0.25, 0.3) is 0 Å². The number of benzene rings is 2. The van der Waals surface area contributed by atoms with Crippen molar-refractivity contribution < 1.29 is 14.3 Å². The molecule has 0 spiro atoms. The Morgan fingerprint density at radius 1 is 1.10 bits per heavy atom. The molecular weight excluding hydrogens is 384 g/mol. The zero-order valence-corrected chi connectivity index (χ0v) is 17.4. The van der Waals surface area contributed by atoms with Crippen molar-refractivity contribution in [2.24, 2.45) is 0 Å². The predicted molar refractivity (Wildman–Crippen MR) is 116 cm³/mol. The first-order valence-electron chi connectivity index (χ1n) is 9.59. The minimum absolute atomic E-state index is 0.0998. The van der Waals surface area contributed by atoms with Gasteiger partial charge in [0.2, 0.25) is 0 Å². The molecule has 0 fully saturated rings. The number of para-hydroxylation sites is 1. The summed E-state index contributed by atoms with van der Waals surface area (Å²) in [4.78, 5) is 16.5. The molecule has 1 atom stereocenters. The number of carbonyl (C=O) groups is 1. The molecule has 1 aliphatic rings. The Morgan fingerprint density at radius 3 is 2.69 bits per heavy atom. The predicted octanol–water partition coefficient (Wildman–Crippen LogP) is 4.30. The first kappa shape index (κ1) is 19.3. The van der Waals surface area contributed by atoms with E-state index < -0.39 is 0 Å². The number of methoxy groups -OCH3 is 2. The van der Waals surface area contributed by atoms with E-state index >= 15 is 0 Å². The molecule has 1 aliphatic heterocycles. The summed E-state index contributed by atoms with van der Waals surface area (Å²) >= 11 is 1.72. The van der Waals surface area contributed by atoms with Crippen molar-refractivity contribution in [2.45, 2.75) is 12.5 Å². The fourth-order valence-electron chi connectivity index (χ4n) is 3.80. The summed E-state index contributed by atoms with van der Waals surface area (Å²) in [6, 6.07) is 18.0. The molecule has 1 N–H and O–H groups in total. The van der Waals surface area contributed by atoms with Crippen LogP contribution in [0.2, 0.25) is 0 Å². The molecule has 0 saturated heterocycles. The summed E-state index contributed by atoms with van der Waals surface area (Å²) in [5, 5.41) is 5.20. The summed E-state index contributed by atoms with van der Waals surface area (Å²) in [5.74, 6) is 1.03. The summed E-state index contributed by atoms with van der Waals surface area (Å²) < 4.78 is 10.6. The molecule has 1 amide bonds. The van der Waals surface area contributed by atoms with E-state index in [0.717, 1.165) is 13.0 Å². The van der Waals surface area contributed by atoms with Gasteiger partial charge in [0.05, 0.1) is 20.3 Å². The van der Waals surface area contributed by atoms with Gasteiger partial charge in [-0.05, 0) is 47.7 Å². The largest absolute Gasteiger partial charge is 0.493 e. The average molecular weight is 409 g/mol. The number of carbonyl (C=O) groups excluding carboxylic acids is 1. The van der Waals surface area contributed by atoms with Crippen LogP contribution in [-0.2, 0) is 6.42 Å². The number of ether oxygens (including phenoxy) is 2. The van der Waals surface area contributed by atoms with Gasteiger partial charge >= 0.3 is 0 Å². The molecule has 1 aromatic heterocycles. The number of fused-ring (bicyclic) bond motifs is 1. The maximum Gasteiger partial charge on any atom is 0.251 e. The van der Waals surface area contributed by atoms with Crippen molar-refractivity contribution in [1.82, 2.24) is 5.32 Å². The standard InChI is InChI=1S/C23H24N2O3S/c1-27-20-10-9-17(14-21(20)28-2)23(26)24-15-19(22-8-5-13-29-22)25-12-11-16-6-3-4-7-18(16)25/h3-10,13-14,19H,11-12,15H2,1-2H3,(H,24,26)/t19-/m0/s1. The SMILES string of the molecule is COc1ccc(C(=O)NC[C@@H](c2cccs2)N2CCc3ccccc32)cc1OC. The lowest BCUT2D eigenvalue weighted by molar-refractivity contribution is 0.0950. The van der Waals surface area contributed by atoms with Gasteiger partial charge in [-0.3, -0.25) is 4.79 Å². The smallest absolute Gasteiger partial charge is 0.251 e. The normalized spacial score (nSPS) is 13.7. The second-order valence-corrected chi connectivity index (χ2v) is 7.86. The molecule has 3 aromatic rings. The number of rotatable bonds is 7. The zero-order chi connectivity index (χ0) is 20.2. The van der Waals surface area contributed by atoms with E-state index in [-0.39, 0.29) is 11.9 Å². The first-order valence-corrected chi connectivity index (χ1v) is 10.5. The van der Waals surface area contributed by atoms with Crippen LogP contribution in [0, 0.1) is 0 Å². The molecule has 0 unspecified atom stereocenters. The highest BCUT2D eigenvalue weighted by Crippen LogP contribution is 2.36. The van der Waals surface area contributed by atoms with Crippen LogP contribution < -0.4 is 19.7 Å². The fourth-order valence-corrected chi connectivity index (χ4v) is 4.64. The van der Waals surface area contributed by atoms with Crippen molar-refractivity contribution >= 4 is 22.9 Å². The van der Waals surface area contributed by atoms with E-state index in [1.165, 1.54) is 16.1 Å². The number of nitrogens with zero attached hydrogens (tertiary/aromatic N) is 1. The van der Waals surface area contributed by atoms with E-state index in [9.17, 15) is 4.79 Å². The highest BCUT2D eigenvalue weighted by molar-refractivity contribution is 7.10. The molecule has 0 bridgehead atoms. The second-order valence-electron chi connectivity index (χ2n) is 6.88. The third kappa shape index (κ3) is 3.93. The van der Waals surface area contributed by atoms with Gasteiger partial charge in [0.1, 0.15) is 0 Å². The van der Waals surface area contributed by atoms with Crippen molar-refractivity contribution in [2.75, 3.05) is 32.2 Å². The lowest BCUT2D eigenvalue weighted by atomic mass is 10.1. The van der Waals surface area contributed by atoms with Crippen LogP contribution in [-0.4, -0.2) is 33.2 Å². The lowest BCUT2D eigenvalue weighted by Gasteiger charge is -2.30. The molecule has 0 radical (unpaired) electrons. The Kier molecular flexibility index (Phi) is 5.71. The van der Waals surface area contributed by atoms with Gasteiger partial charge in [-0.15, -0.1) is 11.3 Å². The number of anilines is 1. The highest BCUT2D eigenvalue weighted by atomic mass is 32.1. The van der Waals surface area contributed by atoms with Gasteiger partial charge in [-0.1, -0.05) is 24.3 Å². The maximum absolute atomic E-state index is 12.8.